The molecule has 106 valence electrons. The second kappa shape index (κ2) is 7.68. The number of hydrogen-bond donors (Lipinski definition) is 2. The van der Waals surface area contributed by atoms with Gasteiger partial charge in [-0.1, -0.05) is 25.5 Å². The molecule has 1 aromatic rings. The first-order valence-electron chi connectivity index (χ1n) is 6.13. The van der Waals surface area contributed by atoms with E-state index in [1.165, 1.54) is 18.2 Å². The summed E-state index contributed by atoms with van der Waals surface area (Å²) in [5, 5.41) is 2.71. The third-order valence-electron chi connectivity index (χ3n) is 2.60. The Labute approximate surface area is 110 Å². The molecular weight excluding hydrogens is 254 g/mol. The molecule has 1 unspecified atom stereocenters. The molecular formula is C13H18F2N2O2. The summed E-state index contributed by atoms with van der Waals surface area (Å²) < 4.78 is 28.8. The molecule has 0 aliphatic rings. The van der Waals surface area contributed by atoms with Crippen molar-refractivity contribution in [2.45, 2.75) is 32.4 Å². The first kappa shape index (κ1) is 15.4. The normalized spacial score (nSPS) is 12.3. The highest BCUT2D eigenvalue weighted by Gasteiger charge is 2.17. The SMILES string of the molecule is CCCC(CN)NC(=O)c1ccccc1OC(F)F. The zero-order valence-corrected chi connectivity index (χ0v) is 10.7. The van der Waals surface area contributed by atoms with Crippen molar-refractivity contribution < 1.29 is 18.3 Å². The van der Waals surface area contributed by atoms with E-state index in [-0.39, 0.29) is 17.4 Å². The van der Waals surface area contributed by atoms with Crippen LogP contribution < -0.4 is 15.8 Å². The highest BCUT2D eigenvalue weighted by molar-refractivity contribution is 5.97. The van der Waals surface area contributed by atoms with E-state index in [1.807, 2.05) is 6.92 Å². The van der Waals surface area contributed by atoms with E-state index < -0.39 is 12.5 Å². The lowest BCUT2D eigenvalue weighted by Crippen LogP contribution is -2.40. The van der Waals surface area contributed by atoms with Gasteiger partial charge in [-0.2, -0.15) is 8.78 Å². The number of para-hydroxylation sites is 1. The summed E-state index contributed by atoms with van der Waals surface area (Å²) in [4.78, 5) is 12.0. The van der Waals surface area contributed by atoms with Gasteiger partial charge in [-0.15, -0.1) is 0 Å². The van der Waals surface area contributed by atoms with Crippen molar-refractivity contribution in [1.29, 1.82) is 0 Å². The van der Waals surface area contributed by atoms with E-state index in [2.05, 4.69) is 10.1 Å². The number of carbonyl (C=O) groups is 1. The van der Waals surface area contributed by atoms with E-state index >= 15 is 0 Å². The molecule has 0 spiro atoms. The number of amides is 1. The van der Waals surface area contributed by atoms with Gasteiger partial charge in [0.2, 0.25) is 0 Å². The van der Waals surface area contributed by atoms with E-state index in [0.29, 0.717) is 6.54 Å². The summed E-state index contributed by atoms with van der Waals surface area (Å²) in [7, 11) is 0. The maximum Gasteiger partial charge on any atom is 0.387 e. The molecule has 0 radical (unpaired) electrons. The van der Waals surface area contributed by atoms with E-state index in [4.69, 9.17) is 5.73 Å². The Kier molecular flexibility index (Phi) is 6.21. The van der Waals surface area contributed by atoms with E-state index in [0.717, 1.165) is 12.8 Å². The lowest BCUT2D eigenvalue weighted by molar-refractivity contribution is -0.0501. The zero-order chi connectivity index (χ0) is 14.3. The fourth-order valence-corrected chi connectivity index (χ4v) is 1.71. The molecule has 1 rings (SSSR count). The molecule has 0 fully saturated rings. The van der Waals surface area contributed by atoms with Crippen LogP contribution in [-0.4, -0.2) is 25.1 Å². The van der Waals surface area contributed by atoms with Gasteiger partial charge in [-0.05, 0) is 18.6 Å². The van der Waals surface area contributed by atoms with Crippen LogP contribution in [0.5, 0.6) is 5.75 Å². The molecule has 19 heavy (non-hydrogen) atoms. The third kappa shape index (κ3) is 4.82. The molecule has 1 atom stereocenters. The van der Waals surface area contributed by atoms with Crippen LogP contribution in [-0.2, 0) is 0 Å². The Morgan fingerprint density at radius 1 is 1.42 bits per heavy atom. The Balaban J connectivity index is 2.81. The van der Waals surface area contributed by atoms with Gasteiger partial charge in [0.05, 0.1) is 5.56 Å². The van der Waals surface area contributed by atoms with Gasteiger partial charge in [0.1, 0.15) is 5.75 Å². The smallest absolute Gasteiger partial charge is 0.387 e. The Morgan fingerprint density at radius 2 is 2.11 bits per heavy atom. The molecule has 0 aliphatic carbocycles. The van der Waals surface area contributed by atoms with Crippen molar-refractivity contribution in [3.05, 3.63) is 29.8 Å². The summed E-state index contributed by atoms with van der Waals surface area (Å²) in [5.74, 6) is -0.595. The zero-order valence-electron chi connectivity index (χ0n) is 10.7. The van der Waals surface area contributed by atoms with Crippen LogP contribution in [0.3, 0.4) is 0 Å². The van der Waals surface area contributed by atoms with E-state index in [1.54, 1.807) is 6.07 Å². The van der Waals surface area contributed by atoms with Gasteiger partial charge < -0.3 is 15.8 Å². The van der Waals surface area contributed by atoms with Crippen molar-refractivity contribution in [2.24, 2.45) is 5.73 Å². The number of rotatable bonds is 7. The van der Waals surface area contributed by atoms with Crippen molar-refractivity contribution >= 4 is 5.91 Å². The van der Waals surface area contributed by atoms with Crippen molar-refractivity contribution in [2.75, 3.05) is 6.54 Å². The average molecular weight is 272 g/mol. The second-order valence-electron chi connectivity index (χ2n) is 4.07. The summed E-state index contributed by atoms with van der Waals surface area (Å²) in [6, 6.07) is 5.72. The van der Waals surface area contributed by atoms with Crippen LogP contribution in [0, 0.1) is 0 Å². The minimum absolute atomic E-state index is 0.0809. The standard InChI is InChI=1S/C13H18F2N2O2/c1-2-5-9(8-16)17-12(18)10-6-3-4-7-11(10)19-13(14)15/h3-4,6-7,9,13H,2,5,8,16H2,1H3,(H,17,18). The number of halogens is 2. The molecule has 3 N–H and O–H groups in total. The van der Waals surface area contributed by atoms with Crippen LogP contribution in [0.25, 0.3) is 0 Å². The third-order valence-corrected chi connectivity index (χ3v) is 2.60. The van der Waals surface area contributed by atoms with Gasteiger partial charge in [0, 0.05) is 12.6 Å². The van der Waals surface area contributed by atoms with Crippen molar-refractivity contribution in [1.82, 2.24) is 5.32 Å². The molecule has 0 aromatic heterocycles. The maximum atomic E-state index is 12.2. The number of carbonyl (C=O) groups excluding carboxylic acids is 1. The van der Waals surface area contributed by atoms with Crippen molar-refractivity contribution in [3.63, 3.8) is 0 Å². The summed E-state index contributed by atoms with van der Waals surface area (Å²) in [6.45, 7) is -0.685. The molecule has 0 saturated heterocycles. The average Bonchev–Trinajstić information content (AvgIpc) is 2.38. The molecule has 0 saturated carbocycles. The van der Waals surface area contributed by atoms with Crippen molar-refractivity contribution in [3.8, 4) is 5.75 Å². The molecule has 1 amide bonds. The largest absolute Gasteiger partial charge is 0.434 e. The predicted octanol–water partition coefficient (Wildman–Crippen LogP) is 2.15. The van der Waals surface area contributed by atoms with Crippen LogP contribution in [0.2, 0.25) is 0 Å². The highest BCUT2D eigenvalue weighted by atomic mass is 19.3. The Bertz CT molecular complexity index is 413. The number of hydrogen-bond acceptors (Lipinski definition) is 3. The van der Waals surface area contributed by atoms with Crippen LogP contribution >= 0.6 is 0 Å². The second-order valence-corrected chi connectivity index (χ2v) is 4.07. The maximum absolute atomic E-state index is 12.2. The van der Waals surface area contributed by atoms with Gasteiger partial charge in [-0.3, -0.25) is 4.79 Å². The summed E-state index contributed by atoms with van der Waals surface area (Å²) >= 11 is 0. The summed E-state index contributed by atoms with van der Waals surface area (Å²) in [6.07, 6.45) is 1.61. The molecule has 0 heterocycles. The van der Waals surface area contributed by atoms with Crippen LogP contribution in [0.1, 0.15) is 30.1 Å². The fraction of sp³-hybridized carbons (Fsp3) is 0.462. The lowest BCUT2D eigenvalue weighted by Gasteiger charge is -2.17. The quantitative estimate of drug-likeness (QED) is 0.799. The topological polar surface area (TPSA) is 64.3 Å². The fourth-order valence-electron chi connectivity index (χ4n) is 1.71. The minimum Gasteiger partial charge on any atom is -0.434 e. The number of ether oxygens (including phenoxy) is 1. The highest BCUT2D eigenvalue weighted by Crippen LogP contribution is 2.20. The van der Waals surface area contributed by atoms with Gasteiger partial charge in [0.25, 0.3) is 5.91 Å². The van der Waals surface area contributed by atoms with Gasteiger partial charge in [0.15, 0.2) is 0 Å². The first-order valence-corrected chi connectivity index (χ1v) is 6.13. The number of benzene rings is 1. The molecule has 4 nitrogen and oxygen atoms in total. The van der Waals surface area contributed by atoms with Gasteiger partial charge in [-0.25, -0.2) is 0 Å². The predicted molar refractivity (Wildman–Crippen MR) is 68.3 cm³/mol. The molecule has 1 aromatic carbocycles. The first-order chi connectivity index (χ1) is 9.08. The molecule has 0 bridgehead atoms. The Morgan fingerprint density at radius 3 is 2.68 bits per heavy atom. The number of alkyl halides is 2. The number of nitrogens with one attached hydrogen (secondary N) is 1. The van der Waals surface area contributed by atoms with Gasteiger partial charge >= 0.3 is 6.61 Å². The molecule has 6 heteroatoms. The minimum atomic E-state index is -2.96. The monoisotopic (exact) mass is 272 g/mol. The van der Waals surface area contributed by atoms with Crippen LogP contribution in [0.15, 0.2) is 24.3 Å². The summed E-state index contributed by atoms with van der Waals surface area (Å²) in [5.41, 5.74) is 5.62. The lowest BCUT2D eigenvalue weighted by atomic mass is 10.1. The van der Waals surface area contributed by atoms with Crippen LogP contribution in [0.4, 0.5) is 8.78 Å². The van der Waals surface area contributed by atoms with E-state index in [9.17, 15) is 13.6 Å². The molecule has 0 aliphatic heterocycles. The Hall–Kier alpha value is -1.69. The number of nitrogens with two attached hydrogens (primary N) is 1.